The highest BCUT2D eigenvalue weighted by molar-refractivity contribution is 7.59. The van der Waals surface area contributed by atoms with Gasteiger partial charge < -0.3 is 5.01 Å². The average molecular weight is 130 g/mol. The lowest BCUT2D eigenvalue weighted by molar-refractivity contribution is 0.434. The lowest BCUT2D eigenvalue weighted by Gasteiger charge is -2.11. The summed E-state index contributed by atoms with van der Waals surface area (Å²) in [6.45, 7) is 0.830. The van der Waals surface area contributed by atoms with E-state index in [9.17, 15) is 0 Å². The number of rotatable bonds is 0. The van der Waals surface area contributed by atoms with Crippen molar-refractivity contribution in [2.75, 3.05) is 6.54 Å². The zero-order valence-electron chi connectivity index (χ0n) is 4.54. The van der Waals surface area contributed by atoms with E-state index in [1.165, 1.54) is 0 Å². The fourth-order valence-corrected chi connectivity index (χ4v) is 0.482. The molecule has 8 heavy (non-hydrogen) atoms. The predicted molar refractivity (Wildman–Crippen MR) is 39.6 cm³/mol. The quantitative estimate of drug-likeness (QED) is 0.480. The largest absolute Gasteiger partial charge is 0.314 e. The molecule has 0 aromatic rings. The molecule has 2 N–H and O–H groups in total. The first-order valence-electron chi connectivity index (χ1n) is 2.24. The number of nitrogens with zero attached hydrogens (tertiary/aromatic N) is 1. The topological polar surface area (TPSA) is 29.3 Å². The Labute approximate surface area is 56.1 Å². The molecule has 0 saturated heterocycles. The summed E-state index contributed by atoms with van der Waals surface area (Å²) in [4.78, 5) is 0. The molecule has 0 bridgehead atoms. The van der Waals surface area contributed by atoms with E-state index in [2.05, 4.69) is 0 Å². The minimum atomic E-state index is 0. The average Bonchev–Trinajstić information content (AvgIpc) is 1.69. The Morgan fingerprint density at radius 2 is 2.12 bits per heavy atom. The Morgan fingerprint density at radius 3 is 2.38 bits per heavy atom. The molecular weight excluding hydrogens is 120 g/mol. The first-order chi connectivity index (χ1) is 3.39. The van der Waals surface area contributed by atoms with E-state index < -0.39 is 0 Å². The molecule has 1 aliphatic rings. The maximum absolute atomic E-state index is 5.33. The summed E-state index contributed by atoms with van der Waals surface area (Å²) in [6, 6.07) is 0. The molecule has 0 saturated carbocycles. The molecule has 1 rings (SSSR count). The number of allylic oxidation sites excluding steroid dienone is 2. The molecule has 0 radical (unpaired) electrons. The normalized spacial score (nSPS) is 15.9. The van der Waals surface area contributed by atoms with Gasteiger partial charge in [-0.25, -0.2) is 5.84 Å². The molecule has 0 aromatic heterocycles. The lowest BCUT2D eigenvalue weighted by atomic mass is 10.4. The Balaban J connectivity index is 0.000000490. The van der Waals surface area contributed by atoms with E-state index >= 15 is 0 Å². The molecule has 0 aromatic carbocycles. The van der Waals surface area contributed by atoms with Gasteiger partial charge in [-0.3, -0.25) is 0 Å². The van der Waals surface area contributed by atoms with Crippen molar-refractivity contribution in [1.82, 2.24) is 5.01 Å². The SMILES string of the molecule is NN1C=CC=CC1.S. The molecule has 0 amide bonds. The zero-order valence-corrected chi connectivity index (χ0v) is 5.54. The van der Waals surface area contributed by atoms with E-state index in [4.69, 9.17) is 5.84 Å². The number of nitrogens with two attached hydrogens (primary N) is 1. The van der Waals surface area contributed by atoms with Gasteiger partial charge in [0.25, 0.3) is 0 Å². The first-order valence-corrected chi connectivity index (χ1v) is 2.24. The van der Waals surface area contributed by atoms with Crippen molar-refractivity contribution >= 4 is 13.5 Å². The highest BCUT2D eigenvalue weighted by Crippen LogP contribution is 1.88. The Kier molecular flexibility index (Phi) is 3.39. The minimum absolute atomic E-state index is 0. The zero-order chi connectivity index (χ0) is 5.11. The summed E-state index contributed by atoms with van der Waals surface area (Å²) in [5, 5.41) is 1.62. The second kappa shape index (κ2) is 3.57. The van der Waals surface area contributed by atoms with Crippen LogP contribution in [0.25, 0.3) is 0 Å². The van der Waals surface area contributed by atoms with Gasteiger partial charge in [0.15, 0.2) is 0 Å². The van der Waals surface area contributed by atoms with Gasteiger partial charge in [0.05, 0.1) is 6.54 Å². The summed E-state index contributed by atoms with van der Waals surface area (Å²) in [5.41, 5.74) is 0. The Bertz CT molecular complexity index is 109. The molecule has 2 nitrogen and oxygen atoms in total. The summed E-state index contributed by atoms with van der Waals surface area (Å²) < 4.78 is 0. The molecule has 0 spiro atoms. The van der Waals surface area contributed by atoms with Gasteiger partial charge >= 0.3 is 0 Å². The van der Waals surface area contributed by atoms with Crippen molar-refractivity contribution in [2.45, 2.75) is 0 Å². The van der Waals surface area contributed by atoms with Gasteiger partial charge in [0.1, 0.15) is 0 Å². The van der Waals surface area contributed by atoms with E-state index in [0.29, 0.717) is 0 Å². The maximum atomic E-state index is 5.33. The monoisotopic (exact) mass is 130 g/mol. The summed E-state index contributed by atoms with van der Waals surface area (Å²) in [5.74, 6) is 5.33. The summed E-state index contributed by atoms with van der Waals surface area (Å²) in [7, 11) is 0. The van der Waals surface area contributed by atoms with Gasteiger partial charge in [-0.05, 0) is 6.08 Å². The Morgan fingerprint density at radius 1 is 1.38 bits per heavy atom. The molecule has 0 fully saturated rings. The van der Waals surface area contributed by atoms with Gasteiger partial charge in [-0.1, -0.05) is 12.2 Å². The van der Waals surface area contributed by atoms with Crippen LogP contribution in [0, 0.1) is 0 Å². The van der Waals surface area contributed by atoms with Crippen LogP contribution in [-0.4, -0.2) is 11.6 Å². The van der Waals surface area contributed by atoms with Crippen LogP contribution in [0.3, 0.4) is 0 Å². The van der Waals surface area contributed by atoms with Crippen molar-refractivity contribution in [2.24, 2.45) is 5.84 Å². The molecule has 1 heterocycles. The van der Waals surface area contributed by atoms with E-state index in [1.54, 1.807) is 5.01 Å². The van der Waals surface area contributed by atoms with Crippen molar-refractivity contribution in [3.05, 3.63) is 24.4 Å². The molecule has 46 valence electrons. The molecule has 0 atom stereocenters. The van der Waals surface area contributed by atoms with E-state index in [-0.39, 0.29) is 13.5 Å². The van der Waals surface area contributed by atoms with Crippen LogP contribution in [0.4, 0.5) is 0 Å². The smallest absolute Gasteiger partial charge is 0.0519 e. The van der Waals surface area contributed by atoms with E-state index in [0.717, 1.165) is 6.54 Å². The van der Waals surface area contributed by atoms with Crippen LogP contribution < -0.4 is 5.84 Å². The van der Waals surface area contributed by atoms with Crippen LogP contribution in [-0.2, 0) is 0 Å². The standard InChI is InChI=1S/C5H8N2.H2S/c6-7-4-2-1-3-5-7;/h1-4H,5-6H2;1H2. The third kappa shape index (κ3) is 2.04. The Hall–Kier alpha value is -0.410. The first kappa shape index (κ1) is 7.59. The minimum Gasteiger partial charge on any atom is -0.314 e. The highest BCUT2D eigenvalue weighted by Gasteiger charge is 1.86. The summed E-state index contributed by atoms with van der Waals surface area (Å²) >= 11 is 0. The van der Waals surface area contributed by atoms with Crippen molar-refractivity contribution in [3.63, 3.8) is 0 Å². The van der Waals surface area contributed by atoms with Crippen molar-refractivity contribution in [3.8, 4) is 0 Å². The van der Waals surface area contributed by atoms with Gasteiger partial charge in [0, 0.05) is 6.20 Å². The second-order valence-electron chi connectivity index (χ2n) is 1.47. The number of hydrogen-bond donors (Lipinski definition) is 1. The molecule has 1 aliphatic heterocycles. The van der Waals surface area contributed by atoms with E-state index in [1.807, 2.05) is 24.4 Å². The van der Waals surface area contributed by atoms with Crippen molar-refractivity contribution in [1.29, 1.82) is 0 Å². The maximum Gasteiger partial charge on any atom is 0.0519 e. The molecule has 3 heteroatoms. The van der Waals surface area contributed by atoms with Gasteiger partial charge in [-0.2, -0.15) is 13.5 Å². The van der Waals surface area contributed by atoms with Gasteiger partial charge in [-0.15, -0.1) is 0 Å². The molecular formula is C5H10N2S. The summed E-state index contributed by atoms with van der Waals surface area (Å²) in [6.07, 6.45) is 7.72. The third-order valence-corrected chi connectivity index (χ3v) is 0.841. The van der Waals surface area contributed by atoms with Crippen LogP contribution in [0.15, 0.2) is 24.4 Å². The number of hydrogen-bond acceptors (Lipinski definition) is 2. The highest BCUT2D eigenvalue weighted by atomic mass is 32.1. The number of hydrazine groups is 1. The van der Waals surface area contributed by atoms with Crippen LogP contribution in [0.5, 0.6) is 0 Å². The predicted octanol–water partition coefficient (Wildman–Crippen LogP) is 0.358. The van der Waals surface area contributed by atoms with Crippen molar-refractivity contribution < 1.29 is 0 Å². The third-order valence-electron chi connectivity index (χ3n) is 0.841. The fraction of sp³-hybridized carbons (Fsp3) is 0.200. The van der Waals surface area contributed by atoms with Crippen LogP contribution in [0.1, 0.15) is 0 Å². The second-order valence-corrected chi connectivity index (χ2v) is 1.47. The lowest BCUT2D eigenvalue weighted by Crippen LogP contribution is -2.25. The van der Waals surface area contributed by atoms with Crippen LogP contribution in [0.2, 0.25) is 0 Å². The van der Waals surface area contributed by atoms with Gasteiger partial charge in [0.2, 0.25) is 0 Å². The van der Waals surface area contributed by atoms with Crippen LogP contribution >= 0.6 is 13.5 Å². The molecule has 0 aliphatic carbocycles. The fourth-order valence-electron chi connectivity index (χ4n) is 0.482. The molecule has 0 unspecified atom stereocenters.